The first-order chi connectivity index (χ1) is 6.65. The van der Waals surface area contributed by atoms with Gasteiger partial charge in [0.05, 0.1) is 0 Å². The van der Waals surface area contributed by atoms with Crippen LogP contribution in [0, 0.1) is 11.8 Å². The van der Waals surface area contributed by atoms with E-state index in [9.17, 15) is 4.79 Å². The second-order valence-electron chi connectivity index (χ2n) is 4.43. The molecule has 0 aromatic carbocycles. The summed E-state index contributed by atoms with van der Waals surface area (Å²) in [6, 6.07) is 0.107. The molecule has 1 saturated carbocycles. The molecular weight excluding hydrogens is 176 g/mol. The van der Waals surface area contributed by atoms with Gasteiger partial charge in [-0.1, -0.05) is 20.3 Å². The van der Waals surface area contributed by atoms with Gasteiger partial charge in [0, 0.05) is 18.5 Å². The monoisotopic (exact) mass is 198 g/mol. The molecule has 14 heavy (non-hydrogen) atoms. The van der Waals surface area contributed by atoms with Crippen molar-refractivity contribution < 1.29 is 4.79 Å². The fraction of sp³-hybridized carbons (Fsp3) is 0.909. The lowest BCUT2D eigenvalue weighted by Crippen LogP contribution is -2.40. The van der Waals surface area contributed by atoms with Crippen molar-refractivity contribution >= 4 is 5.91 Å². The van der Waals surface area contributed by atoms with Gasteiger partial charge in [0.1, 0.15) is 0 Å². The normalized spacial score (nSPS) is 28.8. The summed E-state index contributed by atoms with van der Waals surface area (Å²) < 4.78 is 0. The standard InChI is InChI=1S/C11H22N2O/c1-3-9(12)7-13-11(14)10-6-4-5-8(10)2/h8-10H,3-7,12H2,1-2H3,(H,13,14). The molecule has 3 heteroatoms. The van der Waals surface area contributed by atoms with Gasteiger partial charge in [0.15, 0.2) is 0 Å². The Morgan fingerprint density at radius 3 is 2.79 bits per heavy atom. The summed E-state index contributed by atoms with van der Waals surface area (Å²) >= 11 is 0. The number of rotatable bonds is 4. The summed E-state index contributed by atoms with van der Waals surface area (Å²) in [7, 11) is 0. The number of hydrogen-bond acceptors (Lipinski definition) is 2. The highest BCUT2D eigenvalue weighted by Crippen LogP contribution is 2.30. The molecule has 3 nitrogen and oxygen atoms in total. The molecule has 0 heterocycles. The van der Waals surface area contributed by atoms with E-state index in [-0.39, 0.29) is 17.9 Å². The molecule has 1 aliphatic carbocycles. The van der Waals surface area contributed by atoms with Crippen molar-refractivity contribution in [2.24, 2.45) is 17.6 Å². The molecule has 1 fully saturated rings. The Kier molecular flexibility index (Phi) is 4.39. The lowest BCUT2D eigenvalue weighted by Gasteiger charge is -2.16. The zero-order chi connectivity index (χ0) is 10.6. The van der Waals surface area contributed by atoms with Gasteiger partial charge in [-0.3, -0.25) is 4.79 Å². The number of hydrogen-bond donors (Lipinski definition) is 2. The first-order valence-electron chi connectivity index (χ1n) is 5.68. The zero-order valence-electron chi connectivity index (χ0n) is 9.25. The number of nitrogens with one attached hydrogen (secondary N) is 1. The number of amides is 1. The van der Waals surface area contributed by atoms with Crippen molar-refractivity contribution in [3.8, 4) is 0 Å². The van der Waals surface area contributed by atoms with Crippen LogP contribution in [0.15, 0.2) is 0 Å². The van der Waals surface area contributed by atoms with Crippen molar-refractivity contribution in [3.05, 3.63) is 0 Å². The molecule has 1 rings (SSSR count). The Hall–Kier alpha value is -0.570. The molecule has 0 aromatic heterocycles. The van der Waals surface area contributed by atoms with E-state index in [0.717, 1.165) is 12.8 Å². The first kappa shape index (κ1) is 11.5. The minimum absolute atomic E-state index is 0.107. The van der Waals surface area contributed by atoms with Crippen molar-refractivity contribution in [2.45, 2.75) is 45.6 Å². The predicted octanol–water partition coefficient (Wildman–Crippen LogP) is 1.28. The van der Waals surface area contributed by atoms with Gasteiger partial charge >= 0.3 is 0 Å². The van der Waals surface area contributed by atoms with Crippen LogP contribution in [-0.4, -0.2) is 18.5 Å². The Labute approximate surface area is 86.4 Å². The molecule has 3 atom stereocenters. The van der Waals surface area contributed by atoms with Crippen LogP contribution < -0.4 is 11.1 Å². The van der Waals surface area contributed by atoms with Gasteiger partial charge in [0.2, 0.25) is 5.91 Å². The summed E-state index contributed by atoms with van der Waals surface area (Å²) in [6.07, 6.45) is 4.35. The van der Waals surface area contributed by atoms with Crippen LogP contribution in [0.3, 0.4) is 0 Å². The van der Waals surface area contributed by atoms with Crippen LogP contribution in [0.4, 0.5) is 0 Å². The SMILES string of the molecule is CCC(N)CNC(=O)C1CCCC1C. The Balaban J connectivity index is 2.27. The van der Waals surface area contributed by atoms with Gasteiger partial charge < -0.3 is 11.1 Å². The first-order valence-corrected chi connectivity index (χ1v) is 5.68. The molecule has 0 spiro atoms. The average molecular weight is 198 g/mol. The van der Waals surface area contributed by atoms with E-state index in [0.29, 0.717) is 12.5 Å². The third-order valence-corrected chi connectivity index (χ3v) is 3.26. The van der Waals surface area contributed by atoms with E-state index >= 15 is 0 Å². The second-order valence-corrected chi connectivity index (χ2v) is 4.43. The Bertz CT molecular complexity index is 194. The van der Waals surface area contributed by atoms with E-state index < -0.39 is 0 Å². The quantitative estimate of drug-likeness (QED) is 0.715. The summed E-state index contributed by atoms with van der Waals surface area (Å²) in [5.41, 5.74) is 5.74. The van der Waals surface area contributed by atoms with Crippen molar-refractivity contribution in [1.29, 1.82) is 0 Å². The van der Waals surface area contributed by atoms with Gasteiger partial charge in [0.25, 0.3) is 0 Å². The maximum Gasteiger partial charge on any atom is 0.223 e. The van der Waals surface area contributed by atoms with E-state index in [1.807, 2.05) is 6.92 Å². The van der Waals surface area contributed by atoms with Crippen LogP contribution in [0.1, 0.15) is 39.5 Å². The molecular formula is C11H22N2O. The molecule has 1 aliphatic rings. The largest absolute Gasteiger partial charge is 0.354 e. The molecule has 0 saturated heterocycles. The molecule has 1 amide bonds. The molecule has 0 aliphatic heterocycles. The van der Waals surface area contributed by atoms with Crippen LogP contribution in [0.25, 0.3) is 0 Å². The molecule has 3 N–H and O–H groups in total. The molecule has 0 radical (unpaired) electrons. The fourth-order valence-corrected chi connectivity index (χ4v) is 2.04. The average Bonchev–Trinajstić information content (AvgIpc) is 2.60. The smallest absolute Gasteiger partial charge is 0.223 e. The van der Waals surface area contributed by atoms with Crippen LogP contribution in [0.5, 0.6) is 0 Å². The predicted molar refractivity (Wildman–Crippen MR) is 57.8 cm³/mol. The third-order valence-electron chi connectivity index (χ3n) is 3.26. The second kappa shape index (κ2) is 5.35. The van der Waals surface area contributed by atoms with E-state index in [1.165, 1.54) is 12.8 Å². The Morgan fingerprint density at radius 2 is 2.29 bits per heavy atom. The van der Waals surface area contributed by atoms with Crippen molar-refractivity contribution in [3.63, 3.8) is 0 Å². The highest BCUT2D eigenvalue weighted by atomic mass is 16.1. The van der Waals surface area contributed by atoms with Gasteiger partial charge in [-0.15, -0.1) is 0 Å². The van der Waals surface area contributed by atoms with Crippen molar-refractivity contribution in [2.75, 3.05) is 6.54 Å². The van der Waals surface area contributed by atoms with Gasteiger partial charge in [-0.25, -0.2) is 0 Å². The molecule has 3 unspecified atom stereocenters. The van der Waals surface area contributed by atoms with E-state index in [4.69, 9.17) is 5.73 Å². The Morgan fingerprint density at radius 1 is 1.57 bits per heavy atom. The molecule has 82 valence electrons. The molecule has 0 bridgehead atoms. The van der Waals surface area contributed by atoms with Crippen LogP contribution in [-0.2, 0) is 4.79 Å². The minimum Gasteiger partial charge on any atom is -0.354 e. The highest BCUT2D eigenvalue weighted by molar-refractivity contribution is 5.79. The summed E-state index contributed by atoms with van der Waals surface area (Å²) in [4.78, 5) is 11.7. The lowest BCUT2D eigenvalue weighted by molar-refractivity contribution is -0.125. The van der Waals surface area contributed by atoms with Crippen molar-refractivity contribution in [1.82, 2.24) is 5.32 Å². The van der Waals surface area contributed by atoms with E-state index in [2.05, 4.69) is 12.2 Å². The number of nitrogens with two attached hydrogens (primary N) is 1. The van der Waals surface area contributed by atoms with Crippen LogP contribution >= 0.6 is 0 Å². The number of carbonyl (C=O) groups is 1. The zero-order valence-corrected chi connectivity index (χ0v) is 9.25. The maximum absolute atomic E-state index is 11.7. The maximum atomic E-state index is 11.7. The van der Waals surface area contributed by atoms with Gasteiger partial charge in [-0.2, -0.15) is 0 Å². The molecule has 0 aromatic rings. The van der Waals surface area contributed by atoms with Crippen LogP contribution in [0.2, 0.25) is 0 Å². The third kappa shape index (κ3) is 2.98. The fourth-order valence-electron chi connectivity index (χ4n) is 2.04. The lowest BCUT2D eigenvalue weighted by atomic mass is 9.97. The summed E-state index contributed by atoms with van der Waals surface area (Å²) in [5.74, 6) is 0.991. The van der Waals surface area contributed by atoms with Gasteiger partial charge in [-0.05, 0) is 25.2 Å². The number of carbonyl (C=O) groups excluding carboxylic acids is 1. The van der Waals surface area contributed by atoms with E-state index in [1.54, 1.807) is 0 Å². The minimum atomic E-state index is 0.107. The topological polar surface area (TPSA) is 55.1 Å². The highest BCUT2D eigenvalue weighted by Gasteiger charge is 2.29. The summed E-state index contributed by atoms with van der Waals surface area (Å²) in [5, 5.41) is 2.94. The summed E-state index contributed by atoms with van der Waals surface area (Å²) in [6.45, 7) is 4.82.